The molecule has 17 heavy (non-hydrogen) atoms. The Labute approximate surface area is 99.2 Å². The van der Waals surface area contributed by atoms with E-state index in [9.17, 15) is 9.59 Å². The van der Waals surface area contributed by atoms with Gasteiger partial charge < -0.3 is 15.6 Å². The zero-order valence-electron chi connectivity index (χ0n) is 9.55. The third kappa shape index (κ3) is 3.79. The molecule has 0 amide bonds. The zero-order valence-corrected chi connectivity index (χ0v) is 9.55. The summed E-state index contributed by atoms with van der Waals surface area (Å²) in [5.74, 6) is -1.80. The average Bonchev–Trinajstić information content (AvgIpc) is 2.28. The molecule has 0 heterocycles. The number of carbonyl (C=O) groups is 2. The molecule has 1 atom stereocenters. The summed E-state index contributed by atoms with van der Waals surface area (Å²) >= 11 is 0. The second kappa shape index (κ2) is 5.89. The van der Waals surface area contributed by atoms with E-state index in [0.29, 0.717) is 18.5 Å². The van der Waals surface area contributed by atoms with Crippen molar-refractivity contribution in [1.29, 1.82) is 0 Å². The van der Waals surface area contributed by atoms with Gasteiger partial charge in [-0.05, 0) is 24.6 Å². The first kappa shape index (κ1) is 13.0. The van der Waals surface area contributed by atoms with Gasteiger partial charge in [-0.25, -0.2) is 9.59 Å². The van der Waals surface area contributed by atoms with Crippen LogP contribution in [0.3, 0.4) is 0 Å². The minimum atomic E-state index is -1.14. The molecule has 0 aromatic heterocycles. The fourth-order valence-corrected chi connectivity index (χ4v) is 1.36. The number of esters is 1. The van der Waals surface area contributed by atoms with Crippen LogP contribution in [0.4, 0.5) is 5.69 Å². The second-order valence-corrected chi connectivity index (χ2v) is 3.65. The van der Waals surface area contributed by atoms with Crippen LogP contribution < -0.4 is 5.73 Å². The number of nitrogen functional groups attached to an aromatic ring is 1. The minimum Gasteiger partial charge on any atom is -0.479 e. The van der Waals surface area contributed by atoms with Crippen LogP contribution in [0, 0.1) is 0 Å². The fraction of sp³-hybridized carbons (Fsp3) is 0.333. The Hall–Kier alpha value is -2.04. The summed E-state index contributed by atoms with van der Waals surface area (Å²) in [6.45, 7) is 1.82. The maximum atomic E-state index is 11.6. The van der Waals surface area contributed by atoms with Crippen molar-refractivity contribution in [2.45, 2.75) is 25.9 Å². The highest BCUT2D eigenvalue weighted by atomic mass is 16.6. The maximum absolute atomic E-state index is 11.6. The van der Waals surface area contributed by atoms with Crippen LogP contribution in [0.1, 0.15) is 30.1 Å². The molecular formula is C12H15NO4. The zero-order chi connectivity index (χ0) is 12.8. The van der Waals surface area contributed by atoms with E-state index in [2.05, 4.69) is 0 Å². The molecular weight excluding hydrogens is 222 g/mol. The van der Waals surface area contributed by atoms with Gasteiger partial charge in [-0.1, -0.05) is 19.4 Å². The molecule has 1 aromatic carbocycles. The normalized spacial score (nSPS) is 11.8. The molecule has 0 aliphatic rings. The summed E-state index contributed by atoms with van der Waals surface area (Å²) in [6.07, 6.45) is -0.182. The highest BCUT2D eigenvalue weighted by Gasteiger charge is 2.21. The smallest absolute Gasteiger partial charge is 0.345 e. The van der Waals surface area contributed by atoms with Crippen LogP contribution in [-0.2, 0) is 9.53 Å². The molecule has 5 nitrogen and oxygen atoms in total. The Morgan fingerprint density at radius 1 is 1.47 bits per heavy atom. The molecule has 0 spiro atoms. The predicted molar refractivity (Wildman–Crippen MR) is 62.6 cm³/mol. The lowest BCUT2D eigenvalue weighted by Gasteiger charge is -2.12. The first-order valence-corrected chi connectivity index (χ1v) is 5.34. The number of nitrogens with two attached hydrogens (primary N) is 1. The number of aliphatic carboxylic acids is 1. The SMILES string of the molecule is CCCC(OC(=O)c1cccc(N)c1)C(=O)O. The van der Waals surface area contributed by atoms with Crippen LogP contribution in [0.25, 0.3) is 0 Å². The van der Waals surface area contributed by atoms with Gasteiger partial charge in [0.25, 0.3) is 0 Å². The quantitative estimate of drug-likeness (QED) is 0.600. The summed E-state index contributed by atoms with van der Waals surface area (Å²) in [6, 6.07) is 6.23. The van der Waals surface area contributed by atoms with Crippen LogP contribution in [0.5, 0.6) is 0 Å². The van der Waals surface area contributed by atoms with Crippen LogP contribution in [-0.4, -0.2) is 23.1 Å². The van der Waals surface area contributed by atoms with Gasteiger partial charge in [0.05, 0.1) is 5.56 Å². The molecule has 1 aromatic rings. The number of anilines is 1. The third-order valence-electron chi connectivity index (χ3n) is 2.20. The van der Waals surface area contributed by atoms with E-state index in [1.807, 2.05) is 6.92 Å². The van der Waals surface area contributed by atoms with Gasteiger partial charge in [-0.3, -0.25) is 0 Å². The fourth-order valence-electron chi connectivity index (χ4n) is 1.36. The standard InChI is InChI=1S/C12H15NO4/c1-2-4-10(11(14)15)17-12(16)8-5-3-6-9(13)7-8/h3,5-7,10H,2,4,13H2,1H3,(H,14,15). The van der Waals surface area contributed by atoms with Crippen molar-refractivity contribution < 1.29 is 19.4 Å². The highest BCUT2D eigenvalue weighted by molar-refractivity contribution is 5.92. The van der Waals surface area contributed by atoms with E-state index in [1.54, 1.807) is 12.1 Å². The van der Waals surface area contributed by atoms with E-state index in [1.165, 1.54) is 12.1 Å². The summed E-state index contributed by atoms with van der Waals surface area (Å²) in [5, 5.41) is 8.85. The summed E-state index contributed by atoms with van der Waals surface area (Å²) < 4.78 is 4.90. The topological polar surface area (TPSA) is 89.6 Å². The third-order valence-corrected chi connectivity index (χ3v) is 2.20. The molecule has 0 bridgehead atoms. The van der Waals surface area contributed by atoms with Crippen molar-refractivity contribution in [2.75, 3.05) is 5.73 Å². The molecule has 0 fully saturated rings. The summed E-state index contributed by atoms with van der Waals surface area (Å²) in [5.41, 5.74) is 6.21. The number of carboxylic acids is 1. The first-order valence-electron chi connectivity index (χ1n) is 5.34. The van der Waals surface area contributed by atoms with Gasteiger partial charge in [-0.15, -0.1) is 0 Å². The maximum Gasteiger partial charge on any atom is 0.345 e. The van der Waals surface area contributed by atoms with E-state index in [-0.39, 0.29) is 5.56 Å². The van der Waals surface area contributed by atoms with Gasteiger partial charge in [0, 0.05) is 5.69 Å². The van der Waals surface area contributed by atoms with Crippen molar-refractivity contribution in [3.05, 3.63) is 29.8 Å². The monoisotopic (exact) mass is 237 g/mol. The molecule has 0 aliphatic heterocycles. The Morgan fingerprint density at radius 3 is 2.71 bits per heavy atom. The van der Waals surface area contributed by atoms with Gasteiger partial charge in [0.1, 0.15) is 0 Å². The molecule has 0 aliphatic carbocycles. The minimum absolute atomic E-state index is 0.257. The van der Waals surface area contributed by atoms with E-state index >= 15 is 0 Å². The summed E-state index contributed by atoms with van der Waals surface area (Å²) in [4.78, 5) is 22.5. The number of hydrogen-bond donors (Lipinski definition) is 2. The largest absolute Gasteiger partial charge is 0.479 e. The molecule has 1 unspecified atom stereocenters. The highest BCUT2D eigenvalue weighted by Crippen LogP contribution is 2.11. The lowest BCUT2D eigenvalue weighted by atomic mass is 10.2. The van der Waals surface area contributed by atoms with Crippen molar-refractivity contribution in [3.8, 4) is 0 Å². The van der Waals surface area contributed by atoms with Gasteiger partial charge >= 0.3 is 11.9 Å². The molecule has 3 N–H and O–H groups in total. The summed E-state index contributed by atoms with van der Waals surface area (Å²) in [7, 11) is 0. The second-order valence-electron chi connectivity index (χ2n) is 3.65. The van der Waals surface area contributed by atoms with Gasteiger partial charge in [0.15, 0.2) is 6.10 Å². The number of carbonyl (C=O) groups excluding carboxylic acids is 1. The number of benzene rings is 1. The Bertz CT molecular complexity index is 417. The molecule has 5 heteroatoms. The van der Waals surface area contributed by atoms with Crippen molar-refractivity contribution >= 4 is 17.6 Å². The van der Waals surface area contributed by atoms with Crippen LogP contribution in [0.2, 0.25) is 0 Å². The van der Waals surface area contributed by atoms with Crippen molar-refractivity contribution in [3.63, 3.8) is 0 Å². The van der Waals surface area contributed by atoms with Crippen LogP contribution in [0.15, 0.2) is 24.3 Å². The number of hydrogen-bond acceptors (Lipinski definition) is 4. The first-order chi connectivity index (χ1) is 8.04. The predicted octanol–water partition coefficient (Wildman–Crippen LogP) is 1.68. The van der Waals surface area contributed by atoms with Crippen molar-refractivity contribution in [2.24, 2.45) is 0 Å². The molecule has 0 saturated heterocycles. The van der Waals surface area contributed by atoms with Crippen molar-refractivity contribution in [1.82, 2.24) is 0 Å². The van der Waals surface area contributed by atoms with Gasteiger partial charge in [-0.2, -0.15) is 0 Å². The average molecular weight is 237 g/mol. The number of rotatable bonds is 5. The lowest BCUT2D eigenvalue weighted by Crippen LogP contribution is -2.26. The Balaban J connectivity index is 2.73. The Morgan fingerprint density at radius 2 is 2.18 bits per heavy atom. The molecule has 92 valence electrons. The number of carboxylic acid groups (broad SMARTS) is 1. The van der Waals surface area contributed by atoms with Gasteiger partial charge in [0.2, 0.25) is 0 Å². The molecule has 1 rings (SSSR count). The van der Waals surface area contributed by atoms with E-state index in [4.69, 9.17) is 15.6 Å². The molecule has 0 saturated carbocycles. The lowest BCUT2D eigenvalue weighted by molar-refractivity contribution is -0.147. The number of ether oxygens (including phenoxy) is 1. The van der Waals surface area contributed by atoms with E-state index in [0.717, 1.165) is 0 Å². The Kier molecular flexibility index (Phi) is 4.51. The van der Waals surface area contributed by atoms with Crippen LogP contribution >= 0.6 is 0 Å². The molecule has 0 radical (unpaired) electrons. The van der Waals surface area contributed by atoms with E-state index < -0.39 is 18.0 Å².